The van der Waals surface area contributed by atoms with Crippen LogP contribution in [0.15, 0.2) is 82.8 Å². The van der Waals surface area contributed by atoms with Gasteiger partial charge in [0.25, 0.3) is 15.9 Å². The zero-order chi connectivity index (χ0) is 24.7. The predicted molar refractivity (Wildman–Crippen MR) is 132 cm³/mol. The van der Waals surface area contributed by atoms with E-state index >= 15 is 0 Å². The maximum Gasteiger partial charge on any atom is 0.264 e. The Bertz CT molecular complexity index is 1290. The number of ether oxygens (including phenoxy) is 3. The van der Waals surface area contributed by atoms with Gasteiger partial charge in [-0.3, -0.25) is 9.10 Å². The lowest BCUT2D eigenvalue weighted by atomic mass is 10.2. The SMILES string of the molecule is CCOc1ccc(N(CC(=O)N/N=C\c2cccc3c2OCCO3)S(=O)(=O)c2ccccc2)cc1. The minimum Gasteiger partial charge on any atom is -0.494 e. The molecule has 1 aliphatic heterocycles. The maximum atomic E-state index is 13.4. The van der Waals surface area contributed by atoms with Crippen LogP contribution in [-0.2, 0) is 14.8 Å². The molecule has 35 heavy (non-hydrogen) atoms. The monoisotopic (exact) mass is 495 g/mol. The van der Waals surface area contributed by atoms with Crippen LogP contribution < -0.4 is 23.9 Å². The number of nitrogens with zero attached hydrogens (tertiary/aromatic N) is 2. The molecule has 10 heteroatoms. The van der Waals surface area contributed by atoms with Crippen LogP contribution in [0.5, 0.6) is 17.2 Å². The number of hydrogen-bond donors (Lipinski definition) is 1. The summed E-state index contributed by atoms with van der Waals surface area (Å²) in [4.78, 5) is 12.8. The van der Waals surface area contributed by atoms with Gasteiger partial charge in [0.2, 0.25) is 0 Å². The lowest BCUT2D eigenvalue weighted by molar-refractivity contribution is -0.119. The minimum absolute atomic E-state index is 0.0678. The molecule has 3 aromatic carbocycles. The molecule has 4 rings (SSSR count). The van der Waals surface area contributed by atoms with Gasteiger partial charge in [-0.2, -0.15) is 5.10 Å². The molecule has 0 unspecified atom stereocenters. The number of benzene rings is 3. The number of amides is 1. The Morgan fingerprint density at radius 2 is 1.77 bits per heavy atom. The molecular weight excluding hydrogens is 470 g/mol. The highest BCUT2D eigenvalue weighted by Gasteiger charge is 2.27. The van der Waals surface area contributed by atoms with E-state index in [0.717, 1.165) is 4.31 Å². The number of hydrazone groups is 1. The average Bonchev–Trinajstić information content (AvgIpc) is 2.89. The number of rotatable bonds is 9. The molecule has 1 amide bonds. The summed E-state index contributed by atoms with van der Waals surface area (Å²) in [6.07, 6.45) is 1.43. The number of sulfonamides is 1. The van der Waals surface area contributed by atoms with Crippen LogP contribution in [-0.4, -0.2) is 46.9 Å². The van der Waals surface area contributed by atoms with Gasteiger partial charge in [-0.1, -0.05) is 24.3 Å². The first kappa shape index (κ1) is 24.1. The summed E-state index contributed by atoms with van der Waals surface area (Å²) in [5.41, 5.74) is 3.34. The van der Waals surface area contributed by atoms with Gasteiger partial charge < -0.3 is 14.2 Å². The standard InChI is InChI=1S/C25H25N3O6S/c1-2-32-21-13-11-20(12-14-21)28(35(30,31)22-8-4-3-5-9-22)18-24(29)27-26-17-19-7-6-10-23-25(19)34-16-15-33-23/h3-14,17H,2,15-16,18H2,1H3,(H,27,29)/b26-17-. The fourth-order valence-electron chi connectivity index (χ4n) is 3.45. The van der Waals surface area contributed by atoms with Gasteiger partial charge in [0, 0.05) is 5.56 Å². The third kappa shape index (κ3) is 5.72. The predicted octanol–water partition coefficient (Wildman–Crippen LogP) is 3.20. The second kappa shape index (κ2) is 10.9. The van der Waals surface area contributed by atoms with Crippen molar-refractivity contribution < 1.29 is 27.4 Å². The average molecular weight is 496 g/mol. The molecule has 182 valence electrons. The summed E-state index contributed by atoms with van der Waals surface area (Å²) in [5.74, 6) is 1.12. The van der Waals surface area contributed by atoms with Crippen LogP contribution >= 0.6 is 0 Å². The Kier molecular flexibility index (Phi) is 7.51. The quantitative estimate of drug-likeness (QED) is 0.361. The number of anilines is 1. The van der Waals surface area contributed by atoms with Gasteiger partial charge in [0.15, 0.2) is 11.5 Å². The number of fused-ring (bicyclic) bond motifs is 1. The fourth-order valence-corrected chi connectivity index (χ4v) is 4.89. The first-order valence-electron chi connectivity index (χ1n) is 11.0. The Balaban J connectivity index is 1.54. The molecule has 0 aliphatic carbocycles. The summed E-state index contributed by atoms with van der Waals surface area (Å²) in [6.45, 7) is 2.73. The highest BCUT2D eigenvalue weighted by molar-refractivity contribution is 7.92. The Morgan fingerprint density at radius 1 is 1.03 bits per heavy atom. The van der Waals surface area contributed by atoms with E-state index in [1.807, 2.05) is 6.92 Å². The highest BCUT2D eigenvalue weighted by Crippen LogP contribution is 2.32. The molecule has 0 atom stereocenters. The van der Waals surface area contributed by atoms with E-state index in [1.54, 1.807) is 60.7 Å². The molecule has 1 heterocycles. The van der Waals surface area contributed by atoms with Crippen molar-refractivity contribution in [3.63, 3.8) is 0 Å². The van der Waals surface area contributed by atoms with Crippen molar-refractivity contribution in [3.8, 4) is 17.2 Å². The van der Waals surface area contributed by atoms with E-state index in [2.05, 4.69) is 10.5 Å². The molecule has 0 aromatic heterocycles. The molecule has 0 fully saturated rings. The zero-order valence-corrected chi connectivity index (χ0v) is 19.9. The number of hydrogen-bond acceptors (Lipinski definition) is 7. The molecule has 9 nitrogen and oxygen atoms in total. The number of carbonyl (C=O) groups is 1. The minimum atomic E-state index is -4.02. The van der Waals surface area contributed by atoms with E-state index < -0.39 is 22.5 Å². The third-order valence-corrected chi connectivity index (χ3v) is 6.83. The highest BCUT2D eigenvalue weighted by atomic mass is 32.2. The lowest BCUT2D eigenvalue weighted by Gasteiger charge is -2.24. The second-order valence-electron chi connectivity index (χ2n) is 7.42. The van der Waals surface area contributed by atoms with Crippen molar-refractivity contribution in [3.05, 3.63) is 78.4 Å². The third-order valence-electron chi connectivity index (χ3n) is 5.04. The molecule has 1 aliphatic rings. The Labute approximate surface area is 204 Å². The largest absolute Gasteiger partial charge is 0.494 e. The smallest absolute Gasteiger partial charge is 0.264 e. The van der Waals surface area contributed by atoms with Gasteiger partial charge in [-0.05, 0) is 55.5 Å². The summed E-state index contributed by atoms with van der Waals surface area (Å²) in [5, 5.41) is 3.99. The van der Waals surface area contributed by atoms with Crippen molar-refractivity contribution in [1.29, 1.82) is 0 Å². The van der Waals surface area contributed by atoms with Crippen LogP contribution in [0.4, 0.5) is 5.69 Å². The van der Waals surface area contributed by atoms with E-state index in [9.17, 15) is 13.2 Å². The number of carbonyl (C=O) groups excluding carboxylic acids is 1. The molecular formula is C25H25N3O6S. The summed E-state index contributed by atoms with van der Waals surface area (Å²) < 4.78 is 44.4. The van der Waals surface area contributed by atoms with Gasteiger partial charge in [-0.15, -0.1) is 0 Å². The topological polar surface area (TPSA) is 107 Å². The van der Waals surface area contributed by atoms with Gasteiger partial charge in [0.1, 0.15) is 25.5 Å². The van der Waals surface area contributed by atoms with Gasteiger partial charge in [0.05, 0.1) is 23.4 Å². The Morgan fingerprint density at radius 3 is 2.51 bits per heavy atom. The second-order valence-corrected chi connectivity index (χ2v) is 9.28. The molecule has 0 spiro atoms. The zero-order valence-electron chi connectivity index (χ0n) is 19.1. The van der Waals surface area contributed by atoms with Crippen LogP contribution in [0.2, 0.25) is 0 Å². The van der Waals surface area contributed by atoms with Crippen molar-refractivity contribution in [2.45, 2.75) is 11.8 Å². The maximum absolute atomic E-state index is 13.4. The van der Waals surface area contributed by atoms with E-state index in [4.69, 9.17) is 14.2 Å². The number of para-hydroxylation sites is 1. The van der Waals surface area contributed by atoms with Crippen LogP contribution in [0.1, 0.15) is 12.5 Å². The molecule has 1 N–H and O–H groups in total. The van der Waals surface area contributed by atoms with E-state index in [-0.39, 0.29) is 4.90 Å². The molecule has 0 saturated heterocycles. The summed E-state index contributed by atoms with van der Waals surface area (Å²) in [7, 11) is -4.02. The first-order chi connectivity index (χ1) is 17.0. The van der Waals surface area contributed by atoms with Crippen LogP contribution in [0.25, 0.3) is 0 Å². The normalized spacial score (nSPS) is 12.8. The molecule has 0 bridgehead atoms. The first-order valence-corrected chi connectivity index (χ1v) is 12.4. The molecule has 3 aromatic rings. The van der Waals surface area contributed by atoms with Crippen LogP contribution in [0.3, 0.4) is 0 Å². The molecule has 0 saturated carbocycles. The fraction of sp³-hybridized carbons (Fsp3) is 0.200. The summed E-state index contributed by atoms with van der Waals surface area (Å²) in [6, 6.07) is 19.8. The van der Waals surface area contributed by atoms with Gasteiger partial charge in [-0.25, -0.2) is 13.8 Å². The van der Waals surface area contributed by atoms with Crippen molar-refractivity contribution in [2.24, 2.45) is 5.10 Å². The van der Waals surface area contributed by atoms with Crippen molar-refractivity contribution in [1.82, 2.24) is 5.43 Å². The summed E-state index contributed by atoms with van der Waals surface area (Å²) >= 11 is 0. The lowest BCUT2D eigenvalue weighted by Crippen LogP contribution is -2.39. The van der Waals surface area contributed by atoms with E-state index in [0.29, 0.717) is 48.3 Å². The van der Waals surface area contributed by atoms with Crippen LogP contribution in [0, 0.1) is 0 Å². The van der Waals surface area contributed by atoms with E-state index in [1.165, 1.54) is 18.3 Å². The Hall–Kier alpha value is -4.05. The molecule has 0 radical (unpaired) electrons. The van der Waals surface area contributed by atoms with Crippen molar-refractivity contribution in [2.75, 3.05) is 30.7 Å². The van der Waals surface area contributed by atoms with Gasteiger partial charge >= 0.3 is 0 Å². The number of nitrogens with one attached hydrogen (secondary N) is 1. The van der Waals surface area contributed by atoms with Crippen molar-refractivity contribution >= 4 is 27.8 Å².